The number of allylic oxidation sites excluding steroid dienone is 3. The fraction of sp³-hybridized carbons (Fsp3) is 0.150. The van der Waals surface area contributed by atoms with Crippen molar-refractivity contribution in [2.24, 2.45) is 4.99 Å². The van der Waals surface area contributed by atoms with E-state index in [2.05, 4.69) is 35.3 Å². The van der Waals surface area contributed by atoms with E-state index in [1.165, 1.54) is 11.1 Å². The number of aliphatic imine (C=N–C) groups is 1. The third-order valence-electron chi connectivity index (χ3n) is 3.75. The summed E-state index contributed by atoms with van der Waals surface area (Å²) in [7, 11) is 0. The van der Waals surface area contributed by atoms with Crippen molar-refractivity contribution >= 4 is 11.8 Å². The van der Waals surface area contributed by atoms with Gasteiger partial charge in [0.05, 0.1) is 6.54 Å². The Morgan fingerprint density at radius 1 is 0.955 bits per heavy atom. The van der Waals surface area contributed by atoms with Crippen LogP contribution in [0.3, 0.4) is 0 Å². The van der Waals surface area contributed by atoms with Crippen molar-refractivity contribution in [1.82, 2.24) is 0 Å². The summed E-state index contributed by atoms with van der Waals surface area (Å²) in [5.41, 5.74) is 4.66. The van der Waals surface area contributed by atoms with Crippen LogP contribution >= 0.6 is 0 Å². The summed E-state index contributed by atoms with van der Waals surface area (Å²) in [6, 6.07) is 16.6. The highest BCUT2D eigenvalue weighted by atomic mass is 16.5. The average molecular weight is 289 g/mol. The van der Waals surface area contributed by atoms with Gasteiger partial charge in [-0.25, -0.2) is 0 Å². The van der Waals surface area contributed by atoms with Gasteiger partial charge in [-0.15, -0.1) is 0 Å². The van der Waals surface area contributed by atoms with Gasteiger partial charge in [0.2, 0.25) is 0 Å². The molecule has 0 aliphatic carbocycles. The van der Waals surface area contributed by atoms with Crippen LogP contribution in [0.2, 0.25) is 0 Å². The summed E-state index contributed by atoms with van der Waals surface area (Å²) in [5, 5.41) is 0. The Kier molecular flexibility index (Phi) is 4.19. The summed E-state index contributed by atoms with van der Waals surface area (Å²) >= 11 is 0. The molecular formula is C20H19NO. The van der Waals surface area contributed by atoms with Gasteiger partial charge in [-0.2, -0.15) is 0 Å². The maximum atomic E-state index is 6.10. The second-order valence-electron chi connectivity index (χ2n) is 5.19. The predicted molar refractivity (Wildman–Crippen MR) is 93.3 cm³/mol. The first kappa shape index (κ1) is 14.3. The number of hydrogen-bond acceptors (Lipinski definition) is 2. The van der Waals surface area contributed by atoms with Gasteiger partial charge < -0.3 is 4.74 Å². The van der Waals surface area contributed by atoms with Crippen molar-refractivity contribution in [1.29, 1.82) is 0 Å². The van der Waals surface area contributed by atoms with E-state index in [0.717, 1.165) is 22.6 Å². The van der Waals surface area contributed by atoms with Gasteiger partial charge in [0.15, 0.2) is 0 Å². The molecule has 0 saturated carbocycles. The lowest BCUT2D eigenvalue weighted by molar-refractivity contribution is 0.432. The molecule has 0 bridgehead atoms. The van der Waals surface area contributed by atoms with Crippen LogP contribution < -0.4 is 4.74 Å². The third kappa shape index (κ3) is 2.73. The zero-order valence-corrected chi connectivity index (χ0v) is 12.9. The van der Waals surface area contributed by atoms with E-state index < -0.39 is 0 Å². The summed E-state index contributed by atoms with van der Waals surface area (Å²) in [6.45, 7) is 4.61. The molecule has 1 heterocycles. The first-order chi connectivity index (χ1) is 10.8. The lowest BCUT2D eigenvalue weighted by atomic mass is 9.94. The van der Waals surface area contributed by atoms with Crippen LogP contribution in [-0.2, 0) is 0 Å². The highest BCUT2D eigenvalue weighted by molar-refractivity contribution is 5.87. The molecule has 0 unspecified atom stereocenters. The molecule has 2 heteroatoms. The standard InChI is InChI=1S/C20H19NO/c1-3-4-13-21-14-19-15(2)22-20-12-8-7-11-18(20)16-9-5-6-10-17(16)19/h3-13H,14H2,1-2H3/b4-3-,21-13?. The van der Waals surface area contributed by atoms with E-state index in [4.69, 9.17) is 4.74 Å². The number of rotatable bonds is 3. The van der Waals surface area contributed by atoms with Crippen molar-refractivity contribution in [2.75, 3.05) is 6.54 Å². The van der Waals surface area contributed by atoms with Crippen LogP contribution in [0.5, 0.6) is 5.75 Å². The number of ether oxygens (including phenoxy) is 1. The molecule has 110 valence electrons. The molecule has 1 aliphatic heterocycles. The summed E-state index contributed by atoms with van der Waals surface area (Å²) in [5.74, 6) is 1.81. The van der Waals surface area contributed by atoms with Crippen LogP contribution in [0.15, 0.2) is 71.4 Å². The molecule has 0 fully saturated rings. The van der Waals surface area contributed by atoms with Crippen LogP contribution in [0.25, 0.3) is 16.7 Å². The number of para-hydroxylation sites is 1. The number of fused-ring (bicyclic) bond motifs is 3. The molecule has 1 aliphatic rings. The van der Waals surface area contributed by atoms with Crippen molar-refractivity contribution < 1.29 is 4.74 Å². The molecule has 2 aromatic rings. The smallest absolute Gasteiger partial charge is 0.134 e. The first-order valence-corrected chi connectivity index (χ1v) is 7.48. The van der Waals surface area contributed by atoms with Gasteiger partial charge in [-0.1, -0.05) is 48.5 Å². The van der Waals surface area contributed by atoms with E-state index in [9.17, 15) is 0 Å². The highest BCUT2D eigenvalue weighted by Gasteiger charge is 2.19. The van der Waals surface area contributed by atoms with Gasteiger partial charge in [0.25, 0.3) is 0 Å². The lowest BCUT2D eigenvalue weighted by Crippen LogP contribution is -1.98. The minimum atomic E-state index is 0.612. The SMILES string of the molecule is C/C=C\C=NCC1=C(C)Oc2ccccc2-c2ccccc21. The first-order valence-electron chi connectivity index (χ1n) is 7.48. The Morgan fingerprint density at radius 3 is 2.41 bits per heavy atom. The van der Waals surface area contributed by atoms with Crippen LogP contribution in [-0.4, -0.2) is 12.8 Å². The Bertz CT molecular complexity index is 769. The molecule has 2 aromatic carbocycles. The van der Waals surface area contributed by atoms with E-state index in [-0.39, 0.29) is 0 Å². The monoisotopic (exact) mass is 289 g/mol. The highest BCUT2D eigenvalue weighted by Crippen LogP contribution is 2.40. The molecule has 2 nitrogen and oxygen atoms in total. The molecule has 3 rings (SSSR count). The fourth-order valence-corrected chi connectivity index (χ4v) is 2.66. The van der Waals surface area contributed by atoms with Crippen LogP contribution in [0, 0.1) is 0 Å². The Hall–Kier alpha value is -2.61. The second-order valence-corrected chi connectivity index (χ2v) is 5.19. The van der Waals surface area contributed by atoms with Crippen molar-refractivity contribution in [3.63, 3.8) is 0 Å². The average Bonchev–Trinajstić information content (AvgIpc) is 2.66. The molecule has 0 spiro atoms. The minimum Gasteiger partial charge on any atom is -0.461 e. The summed E-state index contributed by atoms with van der Waals surface area (Å²) in [6.07, 6.45) is 5.74. The van der Waals surface area contributed by atoms with Gasteiger partial charge in [-0.05, 0) is 37.1 Å². The molecule has 0 aromatic heterocycles. The second kappa shape index (κ2) is 6.44. The number of hydrogen-bond donors (Lipinski definition) is 0. The van der Waals surface area contributed by atoms with E-state index >= 15 is 0 Å². The Morgan fingerprint density at radius 2 is 1.64 bits per heavy atom. The maximum absolute atomic E-state index is 6.10. The van der Waals surface area contributed by atoms with Crippen LogP contribution in [0.1, 0.15) is 19.4 Å². The predicted octanol–water partition coefficient (Wildman–Crippen LogP) is 5.12. The quantitative estimate of drug-likeness (QED) is 0.718. The van der Waals surface area contributed by atoms with E-state index in [0.29, 0.717) is 6.54 Å². The molecule has 22 heavy (non-hydrogen) atoms. The normalized spacial score (nSPS) is 13.9. The van der Waals surface area contributed by atoms with Crippen LogP contribution in [0.4, 0.5) is 0 Å². The molecule has 0 saturated heterocycles. The third-order valence-corrected chi connectivity index (χ3v) is 3.75. The molecule has 0 radical (unpaired) electrons. The topological polar surface area (TPSA) is 21.6 Å². The lowest BCUT2D eigenvalue weighted by Gasteiger charge is -2.09. The fourth-order valence-electron chi connectivity index (χ4n) is 2.66. The zero-order chi connectivity index (χ0) is 15.4. The number of benzene rings is 2. The van der Waals surface area contributed by atoms with Gasteiger partial charge in [0.1, 0.15) is 11.5 Å². The molecular weight excluding hydrogens is 270 g/mol. The van der Waals surface area contributed by atoms with Gasteiger partial charge in [0, 0.05) is 17.4 Å². The summed E-state index contributed by atoms with van der Waals surface area (Å²) in [4.78, 5) is 4.49. The summed E-state index contributed by atoms with van der Waals surface area (Å²) < 4.78 is 6.10. The van der Waals surface area contributed by atoms with Gasteiger partial charge in [-0.3, -0.25) is 4.99 Å². The largest absolute Gasteiger partial charge is 0.461 e. The number of nitrogens with zero attached hydrogens (tertiary/aromatic N) is 1. The molecule has 0 amide bonds. The maximum Gasteiger partial charge on any atom is 0.134 e. The Labute approximate surface area is 131 Å². The van der Waals surface area contributed by atoms with Gasteiger partial charge >= 0.3 is 0 Å². The molecule has 0 N–H and O–H groups in total. The van der Waals surface area contributed by atoms with Crippen molar-refractivity contribution in [2.45, 2.75) is 13.8 Å². The molecule has 0 atom stereocenters. The van der Waals surface area contributed by atoms with E-state index in [1.54, 1.807) is 0 Å². The minimum absolute atomic E-state index is 0.612. The zero-order valence-electron chi connectivity index (χ0n) is 12.9. The van der Waals surface area contributed by atoms with E-state index in [1.807, 2.05) is 50.4 Å². The Balaban J connectivity index is 2.11. The van der Waals surface area contributed by atoms with Crippen molar-refractivity contribution in [3.8, 4) is 16.9 Å². The van der Waals surface area contributed by atoms with Crippen molar-refractivity contribution in [3.05, 3.63) is 72.0 Å².